The molecule has 0 fully saturated rings. The Bertz CT molecular complexity index is 732. The van der Waals surface area contributed by atoms with Crippen LogP contribution in [0.4, 0.5) is 5.82 Å². The number of hydrogen-bond acceptors (Lipinski definition) is 6. The summed E-state index contributed by atoms with van der Waals surface area (Å²) in [5.41, 5.74) is 2.03. The molecular weight excluding hydrogens is 296 g/mol. The predicted octanol–water partition coefficient (Wildman–Crippen LogP) is 2.41. The van der Waals surface area contributed by atoms with Crippen molar-refractivity contribution >= 4 is 17.2 Å². The molecule has 0 aromatic carbocycles. The Balaban J connectivity index is 1.69. The minimum Gasteiger partial charge on any atom is -0.358 e. The average Bonchev–Trinajstić information content (AvgIpc) is 3.14. The van der Waals surface area contributed by atoms with E-state index in [0.717, 1.165) is 41.0 Å². The summed E-state index contributed by atoms with van der Waals surface area (Å²) in [5, 5.41) is 16.1. The third kappa shape index (κ3) is 3.14. The van der Waals surface area contributed by atoms with Crippen LogP contribution in [0.1, 0.15) is 16.4 Å². The van der Waals surface area contributed by atoms with E-state index < -0.39 is 0 Å². The lowest BCUT2D eigenvalue weighted by atomic mass is 10.4. The monoisotopic (exact) mass is 314 g/mol. The highest BCUT2D eigenvalue weighted by Gasteiger charge is 2.08. The van der Waals surface area contributed by atoms with Crippen LogP contribution >= 0.6 is 11.3 Å². The standard InChI is InChI=1S/C15H18N6S/c1-11-10-12(2)21(19-11)14-5-4-13(17-18-14)20(3)8-6-15-16-7-9-22-15/h4-5,7,9-10H,6,8H2,1-3H3. The highest BCUT2D eigenvalue weighted by atomic mass is 32.1. The molecule has 3 aromatic heterocycles. The predicted molar refractivity (Wildman–Crippen MR) is 87.7 cm³/mol. The number of thiazole rings is 1. The van der Waals surface area contributed by atoms with Crippen LogP contribution in [0.3, 0.4) is 0 Å². The first-order chi connectivity index (χ1) is 10.6. The van der Waals surface area contributed by atoms with Crippen molar-refractivity contribution in [1.29, 1.82) is 0 Å². The molecule has 0 aliphatic carbocycles. The molecule has 0 unspecified atom stereocenters. The summed E-state index contributed by atoms with van der Waals surface area (Å²) in [5.74, 6) is 1.59. The fourth-order valence-corrected chi connectivity index (χ4v) is 2.86. The van der Waals surface area contributed by atoms with Gasteiger partial charge in [0.15, 0.2) is 11.6 Å². The third-order valence-corrected chi connectivity index (χ3v) is 4.24. The molecule has 3 rings (SSSR count). The van der Waals surface area contributed by atoms with E-state index in [-0.39, 0.29) is 0 Å². The van der Waals surface area contributed by atoms with Crippen LogP contribution in [0.5, 0.6) is 0 Å². The van der Waals surface area contributed by atoms with Gasteiger partial charge >= 0.3 is 0 Å². The van der Waals surface area contributed by atoms with Gasteiger partial charge in [0, 0.05) is 37.3 Å². The normalized spacial score (nSPS) is 10.9. The zero-order valence-electron chi connectivity index (χ0n) is 12.9. The minimum absolute atomic E-state index is 0.739. The number of rotatable bonds is 5. The van der Waals surface area contributed by atoms with Crippen molar-refractivity contribution in [2.75, 3.05) is 18.5 Å². The van der Waals surface area contributed by atoms with Gasteiger partial charge in [0.25, 0.3) is 0 Å². The van der Waals surface area contributed by atoms with Crippen LogP contribution < -0.4 is 4.90 Å². The van der Waals surface area contributed by atoms with Gasteiger partial charge in [0.2, 0.25) is 0 Å². The van der Waals surface area contributed by atoms with Crippen molar-refractivity contribution in [1.82, 2.24) is 25.0 Å². The van der Waals surface area contributed by atoms with Crippen molar-refractivity contribution in [3.63, 3.8) is 0 Å². The van der Waals surface area contributed by atoms with E-state index in [0.29, 0.717) is 0 Å². The summed E-state index contributed by atoms with van der Waals surface area (Å²) in [6.45, 7) is 4.84. The second-order valence-corrected chi connectivity index (χ2v) is 6.17. The van der Waals surface area contributed by atoms with Gasteiger partial charge in [-0.05, 0) is 32.0 Å². The van der Waals surface area contributed by atoms with Crippen molar-refractivity contribution in [3.05, 3.63) is 46.2 Å². The summed E-state index contributed by atoms with van der Waals surface area (Å²) in [6, 6.07) is 5.94. The molecule has 7 heteroatoms. The van der Waals surface area contributed by atoms with E-state index in [1.807, 2.05) is 55.4 Å². The zero-order chi connectivity index (χ0) is 15.5. The van der Waals surface area contributed by atoms with Crippen LogP contribution in [0, 0.1) is 13.8 Å². The topological polar surface area (TPSA) is 59.7 Å². The average molecular weight is 314 g/mol. The number of anilines is 1. The van der Waals surface area contributed by atoms with Crippen LogP contribution in [-0.2, 0) is 6.42 Å². The van der Waals surface area contributed by atoms with E-state index in [1.54, 1.807) is 11.3 Å². The lowest BCUT2D eigenvalue weighted by Crippen LogP contribution is -2.22. The van der Waals surface area contributed by atoms with Gasteiger partial charge in [0.05, 0.1) is 10.7 Å². The number of aromatic nitrogens is 5. The summed E-state index contributed by atoms with van der Waals surface area (Å²) in [7, 11) is 2.01. The summed E-state index contributed by atoms with van der Waals surface area (Å²) < 4.78 is 1.81. The third-order valence-electron chi connectivity index (χ3n) is 3.40. The second-order valence-electron chi connectivity index (χ2n) is 5.19. The van der Waals surface area contributed by atoms with Crippen LogP contribution in [0.25, 0.3) is 5.82 Å². The molecule has 3 heterocycles. The number of hydrogen-bond donors (Lipinski definition) is 0. The number of aryl methyl sites for hydroxylation is 2. The Kier molecular flexibility index (Phi) is 4.15. The Labute approximate surface area is 133 Å². The Morgan fingerprint density at radius 3 is 2.68 bits per heavy atom. The van der Waals surface area contributed by atoms with Gasteiger partial charge in [-0.3, -0.25) is 0 Å². The van der Waals surface area contributed by atoms with Gasteiger partial charge < -0.3 is 4.90 Å². The zero-order valence-corrected chi connectivity index (χ0v) is 13.7. The van der Waals surface area contributed by atoms with Gasteiger partial charge in [0.1, 0.15) is 0 Å². The molecule has 0 atom stereocenters. The molecule has 6 nitrogen and oxygen atoms in total. The fourth-order valence-electron chi connectivity index (χ4n) is 2.25. The van der Waals surface area contributed by atoms with Crippen molar-refractivity contribution < 1.29 is 0 Å². The quantitative estimate of drug-likeness (QED) is 0.724. The minimum atomic E-state index is 0.739. The first-order valence-corrected chi connectivity index (χ1v) is 7.98. The molecule has 0 saturated carbocycles. The lowest BCUT2D eigenvalue weighted by Gasteiger charge is -2.16. The van der Waals surface area contributed by atoms with Crippen LogP contribution in [0.2, 0.25) is 0 Å². The highest BCUT2D eigenvalue weighted by Crippen LogP contribution is 2.13. The van der Waals surface area contributed by atoms with Crippen LogP contribution in [0.15, 0.2) is 29.8 Å². The van der Waals surface area contributed by atoms with Crippen molar-refractivity contribution in [2.24, 2.45) is 0 Å². The van der Waals surface area contributed by atoms with Gasteiger partial charge in [-0.1, -0.05) is 0 Å². The number of likely N-dealkylation sites (N-methyl/N-ethyl adjacent to an activating group) is 1. The molecule has 0 amide bonds. The Morgan fingerprint density at radius 2 is 2.09 bits per heavy atom. The number of nitrogens with zero attached hydrogens (tertiary/aromatic N) is 6. The summed E-state index contributed by atoms with van der Waals surface area (Å²) in [4.78, 5) is 6.37. The molecule has 0 radical (unpaired) electrons. The fraction of sp³-hybridized carbons (Fsp3) is 0.333. The maximum absolute atomic E-state index is 4.42. The van der Waals surface area contributed by atoms with Gasteiger partial charge in [-0.15, -0.1) is 21.5 Å². The molecule has 0 spiro atoms. The molecule has 0 aliphatic rings. The maximum atomic E-state index is 4.42. The van der Waals surface area contributed by atoms with E-state index in [1.165, 1.54) is 0 Å². The molecule has 0 bridgehead atoms. The van der Waals surface area contributed by atoms with Crippen molar-refractivity contribution in [2.45, 2.75) is 20.3 Å². The first kappa shape index (κ1) is 14.6. The molecule has 0 saturated heterocycles. The molecule has 0 aliphatic heterocycles. The molecule has 114 valence electrons. The molecular formula is C15H18N6S. The lowest BCUT2D eigenvalue weighted by molar-refractivity contribution is 0.769. The van der Waals surface area contributed by atoms with E-state index in [9.17, 15) is 0 Å². The largest absolute Gasteiger partial charge is 0.358 e. The second kappa shape index (κ2) is 6.23. The summed E-state index contributed by atoms with van der Waals surface area (Å²) >= 11 is 1.68. The smallest absolute Gasteiger partial charge is 0.176 e. The SMILES string of the molecule is Cc1cc(C)n(-c2ccc(N(C)CCc3nccs3)nn2)n1. The van der Waals surface area contributed by atoms with E-state index >= 15 is 0 Å². The molecule has 22 heavy (non-hydrogen) atoms. The highest BCUT2D eigenvalue weighted by molar-refractivity contribution is 7.09. The van der Waals surface area contributed by atoms with E-state index in [4.69, 9.17) is 0 Å². The summed E-state index contributed by atoms with van der Waals surface area (Å²) in [6.07, 6.45) is 2.75. The van der Waals surface area contributed by atoms with Crippen LogP contribution in [-0.4, -0.2) is 38.6 Å². The Morgan fingerprint density at radius 1 is 1.23 bits per heavy atom. The maximum Gasteiger partial charge on any atom is 0.176 e. The molecule has 0 N–H and O–H groups in total. The van der Waals surface area contributed by atoms with Gasteiger partial charge in [-0.25, -0.2) is 9.67 Å². The first-order valence-electron chi connectivity index (χ1n) is 7.10. The van der Waals surface area contributed by atoms with E-state index in [2.05, 4.69) is 25.2 Å². The molecule has 3 aromatic rings. The van der Waals surface area contributed by atoms with Crippen molar-refractivity contribution in [3.8, 4) is 5.82 Å². The Hall–Kier alpha value is -2.28. The van der Waals surface area contributed by atoms with Gasteiger partial charge in [-0.2, -0.15) is 5.10 Å².